The van der Waals surface area contributed by atoms with Gasteiger partial charge in [0.25, 0.3) is 0 Å². The number of nitrogens with zero attached hydrogens (tertiary/aromatic N) is 2. The van der Waals surface area contributed by atoms with E-state index in [4.69, 9.17) is 0 Å². The van der Waals surface area contributed by atoms with Gasteiger partial charge in [0.1, 0.15) is 24.6 Å². The van der Waals surface area contributed by atoms with E-state index in [0.717, 1.165) is 24.1 Å². The molecule has 0 radical (unpaired) electrons. The molecule has 4 rings (SSSR count). The number of aromatic nitrogens is 2. The van der Waals surface area contributed by atoms with E-state index in [1.165, 1.54) is 23.3 Å². The zero-order chi connectivity index (χ0) is 22.9. The van der Waals surface area contributed by atoms with E-state index in [9.17, 15) is 13.8 Å². The van der Waals surface area contributed by atoms with Crippen LogP contribution in [0.25, 0.3) is 0 Å². The molecule has 0 atom stereocenters. The van der Waals surface area contributed by atoms with Gasteiger partial charge in [0.05, 0.1) is 5.69 Å². The molecule has 8 heteroatoms. The van der Waals surface area contributed by atoms with Crippen LogP contribution in [0.15, 0.2) is 42.6 Å². The summed E-state index contributed by atoms with van der Waals surface area (Å²) < 4.78 is 26.4. The molecule has 0 spiro atoms. The highest BCUT2D eigenvalue weighted by Gasteiger charge is 2.19. The van der Waals surface area contributed by atoms with Crippen LogP contribution in [0.4, 0.5) is 27.5 Å². The van der Waals surface area contributed by atoms with Crippen LogP contribution >= 0.6 is 7.14 Å². The molecule has 2 aromatic carbocycles. The first kappa shape index (κ1) is 22.2. The Balaban J connectivity index is 1.60. The molecule has 1 aliphatic rings. The number of carbonyl (C=O) groups is 1. The maximum atomic E-state index is 13.8. The Morgan fingerprint density at radius 1 is 0.969 bits per heavy atom. The number of ketones is 1. The first-order valence-corrected chi connectivity index (χ1v) is 13.2. The summed E-state index contributed by atoms with van der Waals surface area (Å²) in [5.41, 5.74) is 4.59. The van der Waals surface area contributed by atoms with Crippen molar-refractivity contribution < 1.29 is 13.8 Å². The Morgan fingerprint density at radius 3 is 2.47 bits per heavy atom. The molecular weight excluding hydrogens is 426 g/mol. The molecule has 1 heterocycles. The fraction of sp³-hybridized carbons (Fsp3) is 0.292. The van der Waals surface area contributed by atoms with Crippen molar-refractivity contribution in [1.29, 1.82) is 0 Å². The third-order valence-corrected chi connectivity index (χ3v) is 7.10. The molecule has 0 saturated heterocycles. The molecular formula is C24H26FN4O2P. The van der Waals surface area contributed by atoms with Crippen molar-refractivity contribution in [3.63, 3.8) is 0 Å². The molecule has 0 bridgehead atoms. The summed E-state index contributed by atoms with van der Waals surface area (Å²) in [4.78, 5) is 20.7. The zero-order valence-electron chi connectivity index (χ0n) is 18.4. The molecule has 1 aliphatic carbocycles. The lowest BCUT2D eigenvalue weighted by Gasteiger charge is -2.17. The lowest BCUT2D eigenvalue weighted by Crippen LogP contribution is -2.12. The molecule has 166 valence electrons. The van der Waals surface area contributed by atoms with E-state index in [0.29, 0.717) is 41.4 Å². The Bertz CT molecular complexity index is 1240. The van der Waals surface area contributed by atoms with E-state index in [1.54, 1.807) is 25.6 Å². The number of hydrogen-bond acceptors (Lipinski definition) is 6. The maximum Gasteiger partial charge on any atom is 0.229 e. The quantitative estimate of drug-likeness (QED) is 0.414. The minimum Gasteiger partial charge on any atom is -0.339 e. The fourth-order valence-corrected chi connectivity index (χ4v) is 4.94. The molecule has 1 aromatic heterocycles. The van der Waals surface area contributed by atoms with Gasteiger partial charge in [-0.25, -0.2) is 9.37 Å². The molecule has 3 aromatic rings. The molecule has 0 saturated carbocycles. The van der Waals surface area contributed by atoms with Crippen LogP contribution in [0.5, 0.6) is 0 Å². The van der Waals surface area contributed by atoms with Gasteiger partial charge in [-0.05, 0) is 74.6 Å². The zero-order valence-corrected chi connectivity index (χ0v) is 19.3. The second-order valence-corrected chi connectivity index (χ2v) is 11.7. The average molecular weight is 452 g/mol. The highest BCUT2D eigenvalue weighted by molar-refractivity contribution is 7.70. The van der Waals surface area contributed by atoms with Crippen LogP contribution in [-0.2, 0) is 22.2 Å². The predicted molar refractivity (Wildman–Crippen MR) is 127 cm³/mol. The van der Waals surface area contributed by atoms with E-state index in [-0.39, 0.29) is 0 Å². The van der Waals surface area contributed by atoms with Crippen LogP contribution in [0, 0.1) is 12.7 Å². The van der Waals surface area contributed by atoms with Crippen LogP contribution in [0.1, 0.15) is 29.5 Å². The Labute approximate surface area is 187 Å². The number of nitrogens with one attached hydrogen (secondary N) is 2. The second kappa shape index (κ2) is 8.83. The number of rotatable bonds is 5. The summed E-state index contributed by atoms with van der Waals surface area (Å²) in [5.74, 6) is 0.824. The van der Waals surface area contributed by atoms with Crippen molar-refractivity contribution in [3.05, 3.63) is 65.1 Å². The van der Waals surface area contributed by atoms with Crippen molar-refractivity contribution >= 4 is 41.4 Å². The third-order valence-electron chi connectivity index (χ3n) is 5.57. The molecule has 0 unspecified atom stereocenters. The highest BCUT2D eigenvalue weighted by atomic mass is 31.2. The molecule has 2 N–H and O–H groups in total. The van der Waals surface area contributed by atoms with Gasteiger partial charge in [0, 0.05) is 35.6 Å². The van der Waals surface area contributed by atoms with Gasteiger partial charge in [-0.3, -0.25) is 4.79 Å². The number of aryl methyl sites for hydroxylation is 3. The van der Waals surface area contributed by atoms with Gasteiger partial charge in [0.15, 0.2) is 0 Å². The topological polar surface area (TPSA) is 84.0 Å². The highest BCUT2D eigenvalue weighted by Crippen LogP contribution is 2.38. The molecule has 32 heavy (non-hydrogen) atoms. The average Bonchev–Trinajstić information content (AvgIpc) is 2.92. The lowest BCUT2D eigenvalue weighted by atomic mass is 10.0. The van der Waals surface area contributed by atoms with E-state index in [2.05, 4.69) is 26.7 Å². The molecule has 0 aliphatic heterocycles. The second-order valence-electron chi connectivity index (χ2n) is 8.51. The van der Waals surface area contributed by atoms with Crippen LogP contribution in [0.3, 0.4) is 0 Å². The Kier molecular flexibility index (Phi) is 6.11. The van der Waals surface area contributed by atoms with E-state index in [1.807, 2.05) is 19.1 Å². The predicted octanol–water partition coefficient (Wildman–Crippen LogP) is 5.11. The number of Topliss-reactive ketones (excluding diaryl/α,β-unsaturated/α-hetero) is 1. The first-order valence-electron chi connectivity index (χ1n) is 10.6. The van der Waals surface area contributed by atoms with Crippen molar-refractivity contribution in [2.24, 2.45) is 0 Å². The van der Waals surface area contributed by atoms with Crippen molar-refractivity contribution in [3.8, 4) is 0 Å². The van der Waals surface area contributed by atoms with Crippen molar-refractivity contribution in [1.82, 2.24) is 9.97 Å². The Hall–Kier alpha value is -3.05. The number of anilines is 4. The van der Waals surface area contributed by atoms with Crippen LogP contribution < -0.4 is 15.9 Å². The van der Waals surface area contributed by atoms with Gasteiger partial charge in [0.2, 0.25) is 5.95 Å². The SMILES string of the molecule is Cc1cnc(Nc2ccc3c(c2)CCC(=O)CC3)nc1Nc1ccc(F)cc1P(C)(C)=O. The number of halogens is 1. The summed E-state index contributed by atoms with van der Waals surface area (Å²) in [5, 5.41) is 6.86. The Morgan fingerprint density at radius 2 is 1.72 bits per heavy atom. The number of hydrogen-bond donors (Lipinski definition) is 2. The molecule has 6 nitrogen and oxygen atoms in total. The summed E-state index contributed by atoms with van der Waals surface area (Å²) in [6.07, 6.45) is 4.39. The number of benzene rings is 2. The van der Waals surface area contributed by atoms with Gasteiger partial charge in [-0.15, -0.1) is 0 Å². The number of carbonyl (C=O) groups excluding carboxylic acids is 1. The third kappa shape index (κ3) is 5.05. The molecule has 0 fully saturated rings. The van der Waals surface area contributed by atoms with Gasteiger partial charge in [-0.2, -0.15) is 4.98 Å². The maximum absolute atomic E-state index is 13.8. The fourth-order valence-electron chi connectivity index (χ4n) is 3.79. The van der Waals surface area contributed by atoms with Crippen molar-refractivity contribution in [2.75, 3.05) is 24.0 Å². The summed E-state index contributed by atoms with van der Waals surface area (Å²) in [7, 11) is -2.71. The minimum atomic E-state index is -2.71. The minimum absolute atomic E-state index is 0.303. The lowest BCUT2D eigenvalue weighted by molar-refractivity contribution is -0.118. The normalized spacial score (nSPS) is 13.9. The van der Waals surface area contributed by atoms with Crippen LogP contribution in [0.2, 0.25) is 0 Å². The summed E-state index contributed by atoms with van der Waals surface area (Å²) >= 11 is 0. The summed E-state index contributed by atoms with van der Waals surface area (Å²) in [6, 6.07) is 10.3. The molecule has 0 amide bonds. The monoisotopic (exact) mass is 452 g/mol. The summed E-state index contributed by atoms with van der Waals surface area (Å²) in [6.45, 7) is 5.09. The number of fused-ring (bicyclic) bond motifs is 1. The largest absolute Gasteiger partial charge is 0.339 e. The first-order chi connectivity index (χ1) is 15.2. The van der Waals surface area contributed by atoms with Crippen molar-refractivity contribution in [2.45, 2.75) is 32.6 Å². The van der Waals surface area contributed by atoms with Gasteiger partial charge >= 0.3 is 0 Å². The van der Waals surface area contributed by atoms with Crippen LogP contribution in [-0.4, -0.2) is 29.1 Å². The van der Waals surface area contributed by atoms with Gasteiger partial charge in [-0.1, -0.05) is 6.07 Å². The van der Waals surface area contributed by atoms with Gasteiger partial charge < -0.3 is 15.2 Å². The van der Waals surface area contributed by atoms with E-state index >= 15 is 0 Å². The van der Waals surface area contributed by atoms with E-state index < -0.39 is 13.0 Å². The standard InChI is InChI=1S/C24H26FN4O2P/c1-15-14-26-24(27-19-8-4-16-5-9-20(30)10-6-17(16)12-19)29-23(15)28-21-11-7-18(25)13-22(21)32(2,3)31/h4,7-8,11-14H,5-6,9-10H2,1-3H3,(H2,26,27,28,29). The smallest absolute Gasteiger partial charge is 0.229 e.